The Bertz CT molecular complexity index is 1020. The van der Waals surface area contributed by atoms with E-state index in [-0.39, 0.29) is 5.91 Å². The van der Waals surface area contributed by atoms with Gasteiger partial charge in [-0.2, -0.15) is 5.10 Å². The highest BCUT2D eigenvalue weighted by Gasteiger charge is 2.17. The molecule has 1 aliphatic carbocycles. The van der Waals surface area contributed by atoms with E-state index in [0.29, 0.717) is 22.2 Å². The van der Waals surface area contributed by atoms with Crippen LogP contribution in [0.4, 0.5) is 5.13 Å². The van der Waals surface area contributed by atoms with E-state index < -0.39 is 0 Å². The van der Waals surface area contributed by atoms with Crippen LogP contribution in [0, 0.1) is 0 Å². The first-order valence-electron chi connectivity index (χ1n) is 7.88. The van der Waals surface area contributed by atoms with Crippen molar-refractivity contribution in [2.24, 2.45) is 7.05 Å². The normalized spacial score (nSPS) is 14.1. The van der Waals surface area contributed by atoms with E-state index >= 15 is 0 Å². The third kappa shape index (κ3) is 3.35. The summed E-state index contributed by atoms with van der Waals surface area (Å²) in [5.41, 5.74) is 2.24. The molecule has 0 spiro atoms. The van der Waals surface area contributed by atoms with Crippen molar-refractivity contribution >= 4 is 45.3 Å². The number of anilines is 1. The van der Waals surface area contributed by atoms with Gasteiger partial charge in [-0.3, -0.25) is 14.8 Å². The van der Waals surface area contributed by atoms with Crippen LogP contribution < -0.4 is 5.32 Å². The number of amides is 1. The lowest BCUT2D eigenvalue weighted by atomic mass is 10.1. The molecule has 132 valence electrons. The van der Waals surface area contributed by atoms with Crippen molar-refractivity contribution in [3.63, 3.8) is 0 Å². The van der Waals surface area contributed by atoms with E-state index in [1.165, 1.54) is 11.3 Å². The van der Waals surface area contributed by atoms with Gasteiger partial charge in [-0.15, -0.1) is 11.3 Å². The molecule has 0 aromatic carbocycles. The van der Waals surface area contributed by atoms with Gasteiger partial charge in [0.1, 0.15) is 10.7 Å². The fourth-order valence-electron chi connectivity index (χ4n) is 2.60. The third-order valence-electron chi connectivity index (χ3n) is 3.86. The molecule has 3 aromatic heterocycles. The minimum absolute atomic E-state index is 0.236. The van der Waals surface area contributed by atoms with Crippen molar-refractivity contribution < 1.29 is 4.79 Å². The first kappa shape index (κ1) is 17.1. The molecule has 1 amide bonds. The summed E-state index contributed by atoms with van der Waals surface area (Å²) >= 11 is 9.09. The number of rotatable bonds is 4. The first-order chi connectivity index (χ1) is 12.6. The maximum atomic E-state index is 12.4. The zero-order chi connectivity index (χ0) is 18.1. The second-order valence-electron chi connectivity index (χ2n) is 5.62. The average Bonchev–Trinajstić information content (AvgIpc) is 3.35. The quantitative estimate of drug-likeness (QED) is 0.698. The molecule has 0 unspecified atom stereocenters. The van der Waals surface area contributed by atoms with E-state index in [1.807, 2.05) is 24.6 Å². The molecule has 6 nitrogen and oxygen atoms in total. The highest BCUT2D eigenvalue weighted by molar-refractivity contribution is 7.19. The van der Waals surface area contributed by atoms with Crippen LogP contribution in [0.2, 0.25) is 0 Å². The van der Waals surface area contributed by atoms with Crippen LogP contribution in [-0.4, -0.2) is 25.7 Å². The Labute approximate surface area is 162 Å². The zero-order valence-electron chi connectivity index (χ0n) is 13.8. The summed E-state index contributed by atoms with van der Waals surface area (Å²) in [5.74, 6) is -0.236. The highest BCUT2D eigenvalue weighted by Crippen LogP contribution is 2.32. The van der Waals surface area contributed by atoms with E-state index in [9.17, 15) is 4.79 Å². The second kappa shape index (κ2) is 7.14. The van der Waals surface area contributed by atoms with Crippen LogP contribution >= 0.6 is 34.3 Å². The van der Waals surface area contributed by atoms with Gasteiger partial charge >= 0.3 is 0 Å². The third-order valence-corrected chi connectivity index (χ3v) is 5.99. The minimum Gasteiger partial charge on any atom is -0.298 e. The Balaban J connectivity index is 1.55. The zero-order valence-corrected chi connectivity index (χ0v) is 16.2. The van der Waals surface area contributed by atoms with Gasteiger partial charge < -0.3 is 0 Å². The molecule has 0 aliphatic heterocycles. The molecular formula is C17H14ClN5OS2. The molecule has 26 heavy (non-hydrogen) atoms. The SMILES string of the molecule is Cn1nc(-c2nccs2)cc1-c1cnc(NC(=O)C2=C(Cl)CCC=C2)s1. The van der Waals surface area contributed by atoms with Crippen molar-refractivity contribution in [3.05, 3.63) is 46.6 Å². The number of nitrogens with one attached hydrogen (secondary N) is 1. The van der Waals surface area contributed by atoms with E-state index in [4.69, 9.17) is 11.6 Å². The van der Waals surface area contributed by atoms with Gasteiger partial charge in [0, 0.05) is 29.9 Å². The summed E-state index contributed by atoms with van der Waals surface area (Å²) < 4.78 is 1.79. The summed E-state index contributed by atoms with van der Waals surface area (Å²) in [6, 6.07) is 1.97. The molecule has 9 heteroatoms. The van der Waals surface area contributed by atoms with Crippen molar-refractivity contribution in [2.75, 3.05) is 5.32 Å². The molecule has 0 saturated carbocycles. The van der Waals surface area contributed by atoms with E-state index in [0.717, 1.165) is 27.7 Å². The summed E-state index contributed by atoms with van der Waals surface area (Å²) in [7, 11) is 1.88. The molecule has 0 fully saturated rings. The Kier molecular flexibility index (Phi) is 4.71. The Morgan fingerprint density at radius 2 is 2.27 bits per heavy atom. The topological polar surface area (TPSA) is 72.7 Å². The van der Waals surface area contributed by atoms with E-state index in [1.54, 1.807) is 34.5 Å². The number of allylic oxidation sites excluding steroid dienone is 2. The monoisotopic (exact) mass is 403 g/mol. The molecule has 3 heterocycles. The van der Waals surface area contributed by atoms with E-state index in [2.05, 4.69) is 20.4 Å². The van der Waals surface area contributed by atoms with Gasteiger partial charge in [-0.1, -0.05) is 35.1 Å². The fraction of sp³-hybridized carbons (Fsp3) is 0.176. The van der Waals surface area contributed by atoms with Crippen molar-refractivity contribution in [1.29, 1.82) is 0 Å². The number of hydrogen-bond acceptors (Lipinski definition) is 6. The summed E-state index contributed by atoms with van der Waals surface area (Å²) in [6.45, 7) is 0. The number of aromatic nitrogens is 4. The number of hydrogen-bond donors (Lipinski definition) is 1. The maximum absolute atomic E-state index is 12.4. The highest BCUT2D eigenvalue weighted by atomic mass is 35.5. The van der Waals surface area contributed by atoms with Gasteiger partial charge in [0.25, 0.3) is 5.91 Å². The summed E-state index contributed by atoms with van der Waals surface area (Å²) in [5, 5.41) is 11.2. The number of carbonyl (C=O) groups is 1. The Morgan fingerprint density at radius 3 is 3.04 bits per heavy atom. The van der Waals surface area contributed by atoms with Crippen molar-refractivity contribution in [3.8, 4) is 21.3 Å². The lowest BCUT2D eigenvalue weighted by Crippen LogP contribution is -2.15. The number of carbonyl (C=O) groups excluding carboxylic acids is 1. The molecule has 1 N–H and O–H groups in total. The van der Waals surface area contributed by atoms with Crippen LogP contribution in [0.1, 0.15) is 12.8 Å². The number of halogens is 1. The smallest absolute Gasteiger partial charge is 0.258 e. The number of nitrogens with zero attached hydrogens (tertiary/aromatic N) is 4. The second-order valence-corrected chi connectivity index (χ2v) is 8.00. The van der Waals surface area contributed by atoms with Gasteiger partial charge in [-0.05, 0) is 18.9 Å². The lowest BCUT2D eigenvalue weighted by Gasteiger charge is -2.09. The molecule has 0 saturated heterocycles. The largest absolute Gasteiger partial charge is 0.298 e. The average molecular weight is 404 g/mol. The van der Waals surface area contributed by atoms with Crippen LogP contribution in [0.5, 0.6) is 0 Å². The molecule has 0 bridgehead atoms. The number of thiazole rings is 2. The fourth-order valence-corrected chi connectivity index (χ4v) is 4.31. The first-order valence-corrected chi connectivity index (χ1v) is 9.96. The predicted molar refractivity (Wildman–Crippen MR) is 105 cm³/mol. The summed E-state index contributed by atoms with van der Waals surface area (Å²) in [6.07, 6.45) is 8.75. The van der Waals surface area contributed by atoms with Crippen molar-refractivity contribution in [1.82, 2.24) is 19.7 Å². The molecule has 1 aliphatic rings. The molecular weight excluding hydrogens is 390 g/mol. The Hall–Kier alpha value is -2.29. The lowest BCUT2D eigenvalue weighted by molar-refractivity contribution is -0.112. The maximum Gasteiger partial charge on any atom is 0.258 e. The number of aryl methyl sites for hydroxylation is 1. The molecule has 3 aromatic rings. The van der Waals surface area contributed by atoms with Gasteiger partial charge in [0.05, 0.1) is 16.1 Å². The molecule has 4 rings (SSSR count). The minimum atomic E-state index is -0.236. The van der Waals surface area contributed by atoms with Crippen LogP contribution in [0.3, 0.4) is 0 Å². The van der Waals surface area contributed by atoms with Gasteiger partial charge in [-0.25, -0.2) is 9.97 Å². The van der Waals surface area contributed by atoms with Crippen LogP contribution in [0.15, 0.2) is 46.6 Å². The molecule has 0 atom stereocenters. The van der Waals surface area contributed by atoms with Crippen molar-refractivity contribution in [2.45, 2.75) is 12.8 Å². The standard InChI is InChI=1S/C17H14ClN5OS2/c1-23-13(8-12(22-23)16-19-6-7-25-16)14-9-20-17(26-14)21-15(24)10-4-2-3-5-11(10)18/h2,4,6-9H,3,5H2,1H3,(H,20,21,24). The van der Waals surface area contributed by atoms with Gasteiger partial charge in [0.15, 0.2) is 5.13 Å². The predicted octanol–water partition coefficient (Wildman–Crippen LogP) is 4.45. The summed E-state index contributed by atoms with van der Waals surface area (Å²) in [4.78, 5) is 21.9. The Morgan fingerprint density at radius 1 is 1.38 bits per heavy atom. The van der Waals surface area contributed by atoms with Crippen LogP contribution in [-0.2, 0) is 11.8 Å². The molecule has 0 radical (unpaired) electrons. The van der Waals surface area contributed by atoms with Crippen LogP contribution in [0.25, 0.3) is 21.3 Å². The van der Waals surface area contributed by atoms with Gasteiger partial charge in [0.2, 0.25) is 0 Å².